The first kappa shape index (κ1) is 14.3. The van der Waals surface area contributed by atoms with Gasteiger partial charge in [-0.15, -0.1) is 6.58 Å². The van der Waals surface area contributed by atoms with Gasteiger partial charge < -0.3 is 19.9 Å². The third-order valence-electron chi connectivity index (χ3n) is 4.09. The summed E-state index contributed by atoms with van der Waals surface area (Å²) in [6.45, 7) is 5.20. The zero-order chi connectivity index (χ0) is 13.7. The van der Waals surface area contributed by atoms with Gasteiger partial charge in [0.05, 0.1) is 12.2 Å². The number of ether oxygens (including phenoxy) is 2. The predicted molar refractivity (Wildman–Crippen MR) is 71.3 cm³/mol. The zero-order valence-electron chi connectivity index (χ0n) is 11.3. The van der Waals surface area contributed by atoms with E-state index in [2.05, 4.69) is 11.9 Å². The number of nitrogens with one attached hydrogen (secondary N) is 1. The van der Waals surface area contributed by atoms with Crippen LogP contribution in [0.1, 0.15) is 38.5 Å². The molecule has 2 aliphatic heterocycles. The Hall–Kier alpha value is -1.07. The molecular formula is C14H23NO4. The Labute approximate surface area is 114 Å². The largest absolute Gasteiger partial charge is 0.465 e. The lowest BCUT2D eigenvalue weighted by Crippen LogP contribution is -2.64. The third-order valence-corrected chi connectivity index (χ3v) is 4.09. The van der Waals surface area contributed by atoms with Gasteiger partial charge in [-0.2, -0.15) is 0 Å². The molecule has 108 valence electrons. The molecule has 19 heavy (non-hydrogen) atoms. The first-order valence-electron chi connectivity index (χ1n) is 7.07. The van der Waals surface area contributed by atoms with Crippen LogP contribution in [0.2, 0.25) is 0 Å². The second-order valence-electron chi connectivity index (χ2n) is 5.28. The molecule has 0 radical (unpaired) electrons. The van der Waals surface area contributed by atoms with Crippen molar-refractivity contribution >= 4 is 6.09 Å². The van der Waals surface area contributed by atoms with E-state index in [1.165, 1.54) is 0 Å². The molecular weight excluding hydrogens is 246 g/mol. The number of carboxylic acid groups (broad SMARTS) is 1. The fourth-order valence-corrected chi connectivity index (χ4v) is 3.10. The van der Waals surface area contributed by atoms with Crippen LogP contribution < -0.4 is 5.32 Å². The maximum absolute atomic E-state index is 11.2. The topological polar surface area (TPSA) is 67.8 Å². The highest BCUT2D eigenvalue weighted by molar-refractivity contribution is 5.66. The van der Waals surface area contributed by atoms with E-state index in [1.54, 1.807) is 6.08 Å². The van der Waals surface area contributed by atoms with Crippen LogP contribution in [-0.2, 0) is 9.47 Å². The molecule has 0 aromatic rings. The second-order valence-corrected chi connectivity index (χ2v) is 5.28. The summed E-state index contributed by atoms with van der Waals surface area (Å²) in [5.41, 5.74) is -0.827. The molecule has 2 rings (SSSR count). The highest BCUT2D eigenvalue weighted by atomic mass is 16.5. The average Bonchev–Trinajstić information content (AvgIpc) is 2.46. The van der Waals surface area contributed by atoms with Gasteiger partial charge in [-0.25, -0.2) is 4.79 Å². The molecule has 0 saturated carbocycles. The molecule has 5 heteroatoms. The highest BCUT2D eigenvalue weighted by Crippen LogP contribution is 2.33. The van der Waals surface area contributed by atoms with Crippen LogP contribution in [-0.4, -0.2) is 42.2 Å². The Morgan fingerprint density at radius 2 is 1.68 bits per heavy atom. The van der Waals surface area contributed by atoms with E-state index in [9.17, 15) is 9.90 Å². The highest BCUT2D eigenvalue weighted by Gasteiger charge is 2.47. The van der Waals surface area contributed by atoms with Gasteiger partial charge in [-0.1, -0.05) is 6.08 Å². The third kappa shape index (κ3) is 3.09. The van der Waals surface area contributed by atoms with Gasteiger partial charge >= 0.3 is 6.09 Å². The minimum atomic E-state index is -1.05. The van der Waals surface area contributed by atoms with Gasteiger partial charge in [-0.3, -0.25) is 0 Å². The first-order chi connectivity index (χ1) is 9.19. The fraction of sp³-hybridized carbons (Fsp3) is 0.786. The molecule has 2 saturated heterocycles. The molecule has 5 nitrogen and oxygen atoms in total. The number of rotatable bonds is 4. The zero-order valence-corrected chi connectivity index (χ0v) is 11.3. The Balaban J connectivity index is 2.22. The van der Waals surface area contributed by atoms with Crippen LogP contribution in [0.25, 0.3) is 0 Å². The van der Waals surface area contributed by atoms with Gasteiger partial charge in [0.25, 0.3) is 0 Å². The summed E-state index contributed by atoms with van der Waals surface area (Å²) >= 11 is 0. The predicted octanol–water partition coefficient (Wildman–Crippen LogP) is 2.32. The molecule has 2 fully saturated rings. The van der Waals surface area contributed by atoms with Crippen molar-refractivity contribution < 1.29 is 19.4 Å². The van der Waals surface area contributed by atoms with E-state index in [4.69, 9.17) is 9.47 Å². The molecule has 0 aromatic heterocycles. The molecule has 2 N–H and O–H groups in total. The lowest BCUT2D eigenvalue weighted by atomic mass is 9.79. The van der Waals surface area contributed by atoms with Gasteiger partial charge in [0.2, 0.25) is 0 Å². The molecule has 0 bridgehead atoms. The molecule has 2 unspecified atom stereocenters. The molecule has 0 aromatic carbocycles. The Bertz CT molecular complexity index is 301. The number of hydrogen-bond donors (Lipinski definition) is 2. The summed E-state index contributed by atoms with van der Waals surface area (Å²) in [4.78, 5) is 11.2. The van der Waals surface area contributed by atoms with E-state index < -0.39 is 11.6 Å². The van der Waals surface area contributed by atoms with Crippen LogP contribution in [0.15, 0.2) is 12.7 Å². The molecule has 2 aliphatic rings. The SMILES string of the molecule is C=CC(NC(=O)O)(C1CCCCO1)C1CCCCO1. The first-order valence-corrected chi connectivity index (χ1v) is 7.07. The van der Waals surface area contributed by atoms with E-state index in [-0.39, 0.29) is 12.2 Å². The summed E-state index contributed by atoms with van der Waals surface area (Å²) in [7, 11) is 0. The van der Waals surface area contributed by atoms with E-state index in [0.717, 1.165) is 38.5 Å². The summed E-state index contributed by atoms with van der Waals surface area (Å²) in [5, 5.41) is 11.8. The van der Waals surface area contributed by atoms with Crippen molar-refractivity contribution in [3.63, 3.8) is 0 Å². The maximum Gasteiger partial charge on any atom is 0.405 e. The van der Waals surface area contributed by atoms with Crippen molar-refractivity contribution in [2.45, 2.75) is 56.3 Å². The lowest BCUT2D eigenvalue weighted by Gasteiger charge is -2.46. The monoisotopic (exact) mass is 269 g/mol. The van der Waals surface area contributed by atoms with E-state index >= 15 is 0 Å². The van der Waals surface area contributed by atoms with Crippen molar-refractivity contribution in [1.82, 2.24) is 5.32 Å². The van der Waals surface area contributed by atoms with Crippen LogP contribution in [0.3, 0.4) is 0 Å². The van der Waals surface area contributed by atoms with Crippen LogP contribution in [0.4, 0.5) is 4.79 Å². The summed E-state index contributed by atoms with van der Waals surface area (Å²) in [5.74, 6) is 0. The Kier molecular flexibility index (Phi) is 4.82. The summed E-state index contributed by atoms with van der Waals surface area (Å²) < 4.78 is 11.6. The maximum atomic E-state index is 11.2. The molecule has 2 heterocycles. The van der Waals surface area contributed by atoms with Crippen molar-refractivity contribution in [3.05, 3.63) is 12.7 Å². The van der Waals surface area contributed by atoms with Gasteiger partial charge in [0.1, 0.15) is 5.54 Å². The minimum Gasteiger partial charge on any atom is -0.465 e. The molecule has 0 aliphatic carbocycles. The summed E-state index contributed by atoms with van der Waals surface area (Å²) in [6.07, 6.45) is 6.10. The van der Waals surface area contributed by atoms with Crippen LogP contribution in [0.5, 0.6) is 0 Å². The Morgan fingerprint density at radius 1 is 1.16 bits per heavy atom. The van der Waals surface area contributed by atoms with Crippen molar-refractivity contribution in [3.8, 4) is 0 Å². The average molecular weight is 269 g/mol. The Morgan fingerprint density at radius 3 is 2.00 bits per heavy atom. The number of carbonyl (C=O) groups is 1. The van der Waals surface area contributed by atoms with Crippen LogP contribution >= 0.6 is 0 Å². The summed E-state index contributed by atoms with van der Waals surface area (Å²) in [6, 6.07) is 0. The van der Waals surface area contributed by atoms with Crippen molar-refractivity contribution in [1.29, 1.82) is 0 Å². The van der Waals surface area contributed by atoms with E-state index in [0.29, 0.717) is 13.2 Å². The van der Waals surface area contributed by atoms with Crippen molar-refractivity contribution in [2.75, 3.05) is 13.2 Å². The molecule has 1 amide bonds. The minimum absolute atomic E-state index is 0.182. The van der Waals surface area contributed by atoms with Crippen LogP contribution in [0, 0.1) is 0 Å². The normalized spacial score (nSPS) is 31.2. The van der Waals surface area contributed by atoms with Gasteiger partial charge in [0.15, 0.2) is 0 Å². The number of hydrogen-bond acceptors (Lipinski definition) is 3. The molecule has 0 spiro atoms. The second kappa shape index (κ2) is 6.39. The van der Waals surface area contributed by atoms with Gasteiger partial charge in [-0.05, 0) is 38.5 Å². The number of amides is 1. The lowest BCUT2D eigenvalue weighted by molar-refractivity contribution is -0.103. The molecule has 2 atom stereocenters. The van der Waals surface area contributed by atoms with E-state index in [1.807, 2.05) is 0 Å². The quantitative estimate of drug-likeness (QED) is 0.769. The fourth-order valence-electron chi connectivity index (χ4n) is 3.10. The smallest absolute Gasteiger partial charge is 0.405 e. The van der Waals surface area contributed by atoms with Crippen molar-refractivity contribution in [2.24, 2.45) is 0 Å². The van der Waals surface area contributed by atoms with Gasteiger partial charge in [0, 0.05) is 13.2 Å². The standard InChI is InChI=1S/C14H23NO4/c1-2-14(15-13(16)17,11-7-3-5-9-18-11)12-8-4-6-10-19-12/h2,11-12,15H,1,3-10H2,(H,16,17).